The number of thioether (sulfide) groups is 1. The lowest BCUT2D eigenvalue weighted by Crippen LogP contribution is -2.34. The summed E-state index contributed by atoms with van der Waals surface area (Å²) in [6, 6.07) is 3.49. The number of hydrogen-bond donors (Lipinski definition) is 2. The average Bonchev–Trinajstić information content (AvgIpc) is 3.10. The molecule has 0 atom stereocenters. The highest BCUT2D eigenvalue weighted by molar-refractivity contribution is 9.11. The van der Waals surface area contributed by atoms with Gasteiger partial charge in [-0.25, -0.2) is 4.98 Å². The molecule has 0 aliphatic heterocycles. The van der Waals surface area contributed by atoms with E-state index in [4.69, 9.17) is 5.73 Å². The van der Waals surface area contributed by atoms with E-state index in [0.29, 0.717) is 10.0 Å². The van der Waals surface area contributed by atoms with Crippen LogP contribution in [0.15, 0.2) is 20.1 Å². The first kappa shape index (κ1) is 19.9. The zero-order valence-corrected chi connectivity index (χ0v) is 17.4. The Morgan fingerprint density at radius 2 is 2.08 bits per heavy atom. The number of primary amides is 1. The van der Waals surface area contributed by atoms with Crippen molar-refractivity contribution >= 4 is 73.2 Å². The van der Waals surface area contributed by atoms with Crippen molar-refractivity contribution in [3.63, 3.8) is 0 Å². The van der Waals surface area contributed by atoms with Crippen LogP contribution < -0.4 is 11.1 Å². The molecular weight excluding hydrogens is 448 g/mol. The largest absolute Gasteiger partial charge is 0.369 e. The summed E-state index contributed by atoms with van der Waals surface area (Å²) in [7, 11) is 1.57. The molecule has 0 aliphatic rings. The highest BCUT2D eigenvalue weighted by atomic mass is 79.9. The second kappa shape index (κ2) is 8.79. The van der Waals surface area contributed by atoms with E-state index in [9.17, 15) is 14.4 Å². The van der Waals surface area contributed by atoms with Gasteiger partial charge in [0.15, 0.2) is 5.13 Å². The minimum absolute atomic E-state index is 0.0866. The van der Waals surface area contributed by atoms with E-state index in [1.807, 2.05) is 0 Å². The minimum Gasteiger partial charge on any atom is -0.369 e. The molecule has 2 rings (SSSR count). The minimum atomic E-state index is -0.413. The maximum absolute atomic E-state index is 12.2. The monoisotopic (exact) mass is 462 g/mol. The Morgan fingerprint density at radius 3 is 2.68 bits per heavy atom. The number of carbonyl (C=O) groups excluding carboxylic acids is 3. The summed E-state index contributed by atoms with van der Waals surface area (Å²) < 4.78 is 1.68. The van der Waals surface area contributed by atoms with Crippen molar-refractivity contribution in [2.24, 2.45) is 5.73 Å². The molecule has 0 fully saturated rings. The zero-order valence-electron chi connectivity index (χ0n) is 13.4. The molecule has 25 heavy (non-hydrogen) atoms. The van der Waals surface area contributed by atoms with Crippen molar-refractivity contribution in [2.75, 3.05) is 24.7 Å². The number of anilines is 1. The van der Waals surface area contributed by atoms with Crippen molar-refractivity contribution in [2.45, 2.75) is 11.1 Å². The number of amides is 3. The summed E-state index contributed by atoms with van der Waals surface area (Å²) in [5.41, 5.74) is 5.85. The van der Waals surface area contributed by atoms with Crippen LogP contribution in [0.2, 0.25) is 0 Å². The Hall–Kier alpha value is -1.43. The number of aryl methyl sites for hydroxylation is 1. The van der Waals surface area contributed by atoms with Crippen molar-refractivity contribution in [1.82, 2.24) is 9.88 Å². The maximum atomic E-state index is 12.2. The summed E-state index contributed by atoms with van der Waals surface area (Å²) in [5.74, 6) is -0.821. The van der Waals surface area contributed by atoms with Gasteiger partial charge >= 0.3 is 0 Å². The van der Waals surface area contributed by atoms with Crippen LogP contribution >= 0.6 is 50.4 Å². The number of thiazole rings is 1. The first-order valence-corrected chi connectivity index (χ1v) is 10.4. The van der Waals surface area contributed by atoms with E-state index in [-0.39, 0.29) is 24.1 Å². The summed E-state index contributed by atoms with van der Waals surface area (Å²) >= 11 is 7.17. The van der Waals surface area contributed by atoms with Crippen molar-refractivity contribution < 1.29 is 14.4 Å². The molecule has 2 aromatic heterocycles. The Kier molecular flexibility index (Phi) is 6.99. The van der Waals surface area contributed by atoms with Gasteiger partial charge < -0.3 is 16.0 Å². The van der Waals surface area contributed by atoms with Crippen molar-refractivity contribution in [3.8, 4) is 0 Å². The summed E-state index contributed by atoms with van der Waals surface area (Å²) in [6.45, 7) is 1.70. The number of likely N-dealkylation sites (N-methyl/N-ethyl adjacent to an activating group) is 1. The van der Waals surface area contributed by atoms with E-state index >= 15 is 0 Å². The fourth-order valence-electron chi connectivity index (χ4n) is 1.77. The summed E-state index contributed by atoms with van der Waals surface area (Å²) in [4.78, 5) is 41.3. The normalized spacial score (nSPS) is 10.5. The summed E-state index contributed by atoms with van der Waals surface area (Å²) in [5, 5.41) is 3.10. The van der Waals surface area contributed by atoms with Gasteiger partial charge in [0.1, 0.15) is 0 Å². The number of nitrogens with one attached hydrogen (secondary N) is 1. The lowest BCUT2D eigenvalue weighted by molar-refractivity contribution is -0.117. The highest BCUT2D eigenvalue weighted by Gasteiger charge is 2.18. The molecule has 0 unspecified atom stereocenters. The second-order valence-electron chi connectivity index (χ2n) is 4.96. The fraction of sp³-hybridized carbons (Fsp3) is 0.286. The molecule has 0 spiro atoms. The average molecular weight is 463 g/mol. The number of nitrogens with two attached hydrogens (primary N) is 1. The third kappa shape index (κ3) is 5.80. The third-order valence-electron chi connectivity index (χ3n) is 2.86. The number of carbonyl (C=O) groups is 3. The first-order valence-electron chi connectivity index (χ1n) is 6.95. The van der Waals surface area contributed by atoms with Crippen LogP contribution in [0.1, 0.15) is 15.4 Å². The molecule has 3 amide bonds. The van der Waals surface area contributed by atoms with E-state index in [1.165, 1.54) is 39.3 Å². The lowest BCUT2D eigenvalue weighted by Gasteiger charge is -2.15. The number of nitrogens with zero attached hydrogens (tertiary/aromatic N) is 2. The SMILES string of the molecule is Cc1nc(NC(=O)CN(C)C(=O)c2ccc(Br)s2)sc1SCC(N)=O. The van der Waals surface area contributed by atoms with Crippen molar-refractivity contribution in [1.29, 1.82) is 0 Å². The van der Waals surface area contributed by atoms with Gasteiger partial charge in [0.05, 0.1) is 30.9 Å². The van der Waals surface area contributed by atoms with Crippen LogP contribution in [0.5, 0.6) is 0 Å². The molecule has 7 nitrogen and oxygen atoms in total. The molecule has 0 aliphatic carbocycles. The molecule has 11 heteroatoms. The second-order valence-corrected chi connectivity index (χ2v) is 9.67. The van der Waals surface area contributed by atoms with Gasteiger partial charge in [-0.05, 0) is 35.0 Å². The standard InChI is InChI=1S/C14H15BrN4O3S3/c1-7-13(23-6-10(16)20)25-14(17-7)18-11(21)5-19(2)12(22)8-3-4-9(15)24-8/h3-4H,5-6H2,1-2H3,(H2,16,20)(H,17,18,21). The topological polar surface area (TPSA) is 105 Å². The molecular formula is C14H15BrN4O3S3. The van der Waals surface area contributed by atoms with E-state index in [2.05, 4.69) is 26.2 Å². The van der Waals surface area contributed by atoms with Gasteiger partial charge in [-0.3, -0.25) is 14.4 Å². The number of rotatable bonds is 7. The van der Waals surface area contributed by atoms with Crippen LogP contribution in [0, 0.1) is 6.92 Å². The van der Waals surface area contributed by atoms with Crippen molar-refractivity contribution in [3.05, 3.63) is 26.5 Å². The smallest absolute Gasteiger partial charge is 0.264 e. The molecule has 2 heterocycles. The van der Waals surface area contributed by atoms with Gasteiger partial charge in [-0.2, -0.15) is 0 Å². The molecule has 2 aromatic rings. The maximum Gasteiger partial charge on any atom is 0.264 e. The molecule has 0 radical (unpaired) electrons. The Morgan fingerprint density at radius 1 is 1.36 bits per heavy atom. The molecule has 0 bridgehead atoms. The Bertz CT molecular complexity index is 805. The van der Waals surface area contributed by atoms with Crippen LogP contribution in [-0.4, -0.2) is 47.0 Å². The molecule has 0 saturated carbocycles. The number of hydrogen-bond acceptors (Lipinski definition) is 7. The Balaban J connectivity index is 1.92. The number of thiophene rings is 1. The predicted molar refractivity (Wildman–Crippen MR) is 104 cm³/mol. The van der Waals surface area contributed by atoms with Gasteiger partial charge in [0, 0.05) is 7.05 Å². The van der Waals surface area contributed by atoms with E-state index < -0.39 is 5.91 Å². The van der Waals surface area contributed by atoms with Crippen LogP contribution in [0.3, 0.4) is 0 Å². The summed E-state index contributed by atoms with van der Waals surface area (Å²) in [6.07, 6.45) is 0. The van der Waals surface area contributed by atoms with Crippen LogP contribution in [0.4, 0.5) is 5.13 Å². The molecule has 134 valence electrons. The quantitative estimate of drug-likeness (QED) is 0.614. The number of aromatic nitrogens is 1. The van der Waals surface area contributed by atoms with Gasteiger partial charge in [0.25, 0.3) is 5.91 Å². The van der Waals surface area contributed by atoms with Gasteiger partial charge in [-0.15, -0.1) is 23.1 Å². The van der Waals surface area contributed by atoms with Gasteiger partial charge in [0.2, 0.25) is 11.8 Å². The fourth-order valence-corrected chi connectivity index (χ4v) is 5.04. The predicted octanol–water partition coefficient (Wildman–Crippen LogP) is 2.56. The zero-order chi connectivity index (χ0) is 18.6. The Labute approximate surface area is 165 Å². The first-order chi connectivity index (χ1) is 11.8. The van der Waals surface area contributed by atoms with E-state index in [1.54, 1.807) is 26.1 Å². The lowest BCUT2D eigenvalue weighted by atomic mass is 10.4. The number of halogens is 1. The highest BCUT2D eigenvalue weighted by Crippen LogP contribution is 2.31. The molecule has 3 N–H and O–H groups in total. The van der Waals surface area contributed by atoms with E-state index in [0.717, 1.165) is 13.7 Å². The van der Waals surface area contributed by atoms with Gasteiger partial charge in [-0.1, -0.05) is 11.3 Å². The van der Waals surface area contributed by atoms with Crippen LogP contribution in [0.25, 0.3) is 0 Å². The molecule has 0 saturated heterocycles. The third-order valence-corrected chi connectivity index (χ3v) is 6.93. The molecule has 0 aromatic carbocycles. The van der Waals surface area contributed by atoms with Crippen LogP contribution in [-0.2, 0) is 9.59 Å².